The van der Waals surface area contributed by atoms with Crippen molar-refractivity contribution in [2.75, 3.05) is 32.8 Å². The summed E-state index contributed by atoms with van der Waals surface area (Å²) in [5, 5.41) is 0. The van der Waals surface area contributed by atoms with Gasteiger partial charge in [-0.25, -0.2) is 4.98 Å². The van der Waals surface area contributed by atoms with Gasteiger partial charge in [-0.05, 0) is 24.6 Å². The maximum Gasteiger partial charge on any atom is 0.291 e. The Morgan fingerprint density at radius 2 is 1.63 bits per heavy atom. The first-order chi connectivity index (χ1) is 14.6. The van der Waals surface area contributed by atoms with Crippen LogP contribution in [0.5, 0.6) is 5.75 Å². The molecule has 1 fully saturated rings. The lowest BCUT2D eigenvalue weighted by Gasteiger charge is -2.39. The van der Waals surface area contributed by atoms with E-state index in [9.17, 15) is 4.79 Å². The van der Waals surface area contributed by atoms with Gasteiger partial charge in [0.2, 0.25) is 5.76 Å². The summed E-state index contributed by atoms with van der Waals surface area (Å²) in [6.07, 6.45) is 0. The van der Waals surface area contributed by atoms with Crippen molar-refractivity contribution in [3.63, 3.8) is 0 Å². The SMILES string of the molecule is Cc1nc(C)c(C(=O)N2CCN(C(COc3ccccc3)c3ccccc3)CC2)o1. The molecule has 6 heteroatoms. The van der Waals surface area contributed by atoms with Crippen LogP contribution in [0.1, 0.15) is 33.7 Å². The molecular formula is C24H27N3O3. The molecule has 1 aliphatic rings. The van der Waals surface area contributed by atoms with Gasteiger partial charge in [0.1, 0.15) is 12.4 Å². The average molecular weight is 405 g/mol. The molecule has 2 aromatic carbocycles. The Hall–Kier alpha value is -3.12. The first kappa shape index (κ1) is 20.2. The number of hydrogen-bond donors (Lipinski definition) is 0. The van der Waals surface area contributed by atoms with Crippen molar-refractivity contribution in [3.8, 4) is 5.75 Å². The molecule has 4 rings (SSSR count). The topological polar surface area (TPSA) is 58.8 Å². The predicted octanol–water partition coefficient (Wildman–Crippen LogP) is 3.87. The maximum absolute atomic E-state index is 12.8. The van der Waals surface area contributed by atoms with Gasteiger partial charge in [-0.15, -0.1) is 0 Å². The van der Waals surface area contributed by atoms with Gasteiger partial charge in [0.05, 0.1) is 11.7 Å². The van der Waals surface area contributed by atoms with Gasteiger partial charge in [0, 0.05) is 33.1 Å². The second-order valence-electron chi connectivity index (χ2n) is 7.53. The Balaban J connectivity index is 1.43. The maximum atomic E-state index is 12.8. The van der Waals surface area contributed by atoms with E-state index in [0.717, 1.165) is 18.8 Å². The molecule has 0 spiro atoms. The van der Waals surface area contributed by atoms with E-state index in [-0.39, 0.29) is 11.9 Å². The van der Waals surface area contributed by atoms with Crippen molar-refractivity contribution >= 4 is 5.91 Å². The monoisotopic (exact) mass is 405 g/mol. The van der Waals surface area contributed by atoms with E-state index in [2.05, 4.69) is 34.1 Å². The number of aromatic nitrogens is 1. The van der Waals surface area contributed by atoms with Crippen LogP contribution in [0.4, 0.5) is 0 Å². The van der Waals surface area contributed by atoms with Crippen LogP contribution in [0.3, 0.4) is 0 Å². The number of benzene rings is 2. The Labute approximate surface area is 177 Å². The van der Waals surface area contributed by atoms with Crippen LogP contribution in [0, 0.1) is 13.8 Å². The molecule has 1 aromatic heterocycles. The summed E-state index contributed by atoms with van der Waals surface area (Å²) in [5.41, 5.74) is 1.87. The van der Waals surface area contributed by atoms with Crippen LogP contribution in [0.15, 0.2) is 65.1 Å². The van der Waals surface area contributed by atoms with Crippen LogP contribution in [-0.2, 0) is 0 Å². The highest BCUT2D eigenvalue weighted by Gasteiger charge is 2.30. The summed E-state index contributed by atoms with van der Waals surface area (Å²) in [7, 11) is 0. The zero-order chi connectivity index (χ0) is 20.9. The molecule has 3 aromatic rings. The number of hydrogen-bond acceptors (Lipinski definition) is 5. The molecule has 1 atom stereocenters. The zero-order valence-corrected chi connectivity index (χ0v) is 17.5. The van der Waals surface area contributed by atoms with E-state index in [4.69, 9.17) is 9.15 Å². The zero-order valence-electron chi connectivity index (χ0n) is 17.5. The fourth-order valence-corrected chi connectivity index (χ4v) is 3.89. The number of carbonyl (C=O) groups excluding carboxylic acids is 1. The van der Waals surface area contributed by atoms with Gasteiger partial charge in [-0.1, -0.05) is 48.5 Å². The highest BCUT2D eigenvalue weighted by atomic mass is 16.5. The molecule has 0 saturated carbocycles. The number of ether oxygens (including phenoxy) is 1. The van der Waals surface area contributed by atoms with Crippen LogP contribution in [0.2, 0.25) is 0 Å². The molecule has 2 heterocycles. The number of aryl methyl sites for hydroxylation is 2. The van der Waals surface area contributed by atoms with Gasteiger partial charge in [-0.3, -0.25) is 9.69 Å². The van der Waals surface area contributed by atoms with E-state index in [1.165, 1.54) is 5.56 Å². The van der Waals surface area contributed by atoms with Crippen molar-refractivity contribution < 1.29 is 13.9 Å². The van der Waals surface area contributed by atoms with Gasteiger partial charge >= 0.3 is 0 Å². The number of amides is 1. The molecule has 1 saturated heterocycles. The molecule has 30 heavy (non-hydrogen) atoms. The summed E-state index contributed by atoms with van der Waals surface area (Å²) in [5.74, 6) is 1.66. The fourth-order valence-electron chi connectivity index (χ4n) is 3.89. The smallest absolute Gasteiger partial charge is 0.291 e. The van der Waals surface area contributed by atoms with Gasteiger partial charge in [-0.2, -0.15) is 0 Å². The highest BCUT2D eigenvalue weighted by Crippen LogP contribution is 2.24. The lowest BCUT2D eigenvalue weighted by Crippen LogP contribution is -2.50. The van der Waals surface area contributed by atoms with E-state index in [1.807, 2.05) is 48.2 Å². The van der Waals surface area contributed by atoms with Crippen molar-refractivity contribution in [1.29, 1.82) is 0 Å². The number of nitrogens with zero attached hydrogens (tertiary/aromatic N) is 3. The Morgan fingerprint density at radius 3 is 2.23 bits per heavy atom. The summed E-state index contributed by atoms with van der Waals surface area (Å²) < 4.78 is 11.6. The quantitative estimate of drug-likeness (QED) is 0.623. The number of oxazole rings is 1. The third-order valence-electron chi connectivity index (χ3n) is 5.48. The largest absolute Gasteiger partial charge is 0.492 e. The Kier molecular flexibility index (Phi) is 6.14. The van der Waals surface area contributed by atoms with Crippen LogP contribution < -0.4 is 4.74 Å². The van der Waals surface area contributed by atoms with Gasteiger partial charge < -0.3 is 14.1 Å². The van der Waals surface area contributed by atoms with Crippen molar-refractivity contribution in [2.45, 2.75) is 19.9 Å². The van der Waals surface area contributed by atoms with Crippen molar-refractivity contribution in [1.82, 2.24) is 14.8 Å². The summed E-state index contributed by atoms with van der Waals surface area (Å²) in [4.78, 5) is 21.3. The molecule has 156 valence electrons. The van der Waals surface area contributed by atoms with Gasteiger partial charge in [0.25, 0.3) is 5.91 Å². The van der Waals surface area contributed by atoms with E-state index < -0.39 is 0 Å². The lowest BCUT2D eigenvalue weighted by atomic mass is 10.0. The Morgan fingerprint density at radius 1 is 1.00 bits per heavy atom. The van der Waals surface area contributed by atoms with E-state index in [1.54, 1.807) is 6.92 Å². The first-order valence-electron chi connectivity index (χ1n) is 10.3. The minimum absolute atomic E-state index is 0.0791. The first-order valence-corrected chi connectivity index (χ1v) is 10.3. The molecule has 1 amide bonds. The van der Waals surface area contributed by atoms with Crippen LogP contribution >= 0.6 is 0 Å². The number of carbonyl (C=O) groups is 1. The predicted molar refractivity (Wildman–Crippen MR) is 115 cm³/mol. The molecule has 0 aliphatic carbocycles. The molecular weight excluding hydrogens is 378 g/mol. The van der Waals surface area contributed by atoms with Gasteiger partial charge in [0.15, 0.2) is 5.89 Å². The summed E-state index contributed by atoms with van der Waals surface area (Å²) >= 11 is 0. The summed E-state index contributed by atoms with van der Waals surface area (Å²) in [6.45, 7) is 6.97. The normalized spacial score (nSPS) is 15.7. The second-order valence-corrected chi connectivity index (χ2v) is 7.53. The third-order valence-corrected chi connectivity index (χ3v) is 5.48. The highest BCUT2D eigenvalue weighted by molar-refractivity contribution is 5.92. The minimum Gasteiger partial charge on any atom is -0.492 e. The van der Waals surface area contributed by atoms with Crippen molar-refractivity contribution in [2.24, 2.45) is 0 Å². The molecule has 0 bridgehead atoms. The molecule has 1 aliphatic heterocycles. The molecule has 1 unspecified atom stereocenters. The van der Waals surface area contributed by atoms with Crippen LogP contribution in [0.25, 0.3) is 0 Å². The molecule has 0 N–H and O–H groups in total. The van der Waals surface area contributed by atoms with E-state index in [0.29, 0.717) is 37.0 Å². The Bertz CT molecular complexity index is 964. The third kappa shape index (κ3) is 4.54. The second kappa shape index (κ2) is 9.13. The lowest BCUT2D eigenvalue weighted by molar-refractivity contribution is 0.0473. The fraction of sp³-hybridized carbons (Fsp3) is 0.333. The summed E-state index contributed by atoms with van der Waals surface area (Å²) in [6, 6.07) is 20.4. The van der Waals surface area contributed by atoms with Crippen LogP contribution in [-0.4, -0.2) is 53.5 Å². The standard InChI is InChI=1S/C24H27N3O3/c1-18-23(30-19(2)25-18)24(28)27-15-13-26(14-16-27)22(20-9-5-3-6-10-20)17-29-21-11-7-4-8-12-21/h3-12,22H,13-17H2,1-2H3. The minimum atomic E-state index is -0.0791. The average Bonchev–Trinajstić information content (AvgIpc) is 3.13. The number of para-hydroxylation sites is 1. The van der Waals surface area contributed by atoms with Crippen molar-refractivity contribution in [3.05, 3.63) is 83.6 Å². The molecule has 0 radical (unpaired) electrons. The van der Waals surface area contributed by atoms with E-state index >= 15 is 0 Å². The number of piperazine rings is 1. The molecule has 6 nitrogen and oxygen atoms in total. The number of rotatable bonds is 6.